The Balaban J connectivity index is 1.81. The Labute approximate surface area is 256 Å². The first kappa shape index (κ1) is 37.5. The van der Waals surface area contributed by atoms with Gasteiger partial charge in [-0.25, -0.2) is 0 Å². The van der Waals surface area contributed by atoms with Crippen molar-refractivity contribution in [3.63, 3.8) is 0 Å². The second-order valence-electron chi connectivity index (χ2n) is 12.2. The minimum absolute atomic E-state index is 0.0297. The predicted octanol–water partition coefficient (Wildman–Crippen LogP) is -6.03. The van der Waals surface area contributed by atoms with Crippen LogP contribution in [0.15, 0.2) is 0 Å². The first-order valence-corrected chi connectivity index (χ1v) is 15.1. The number of aliphatic hydroxyl groups excluding tert-OH is 7. The monoisotopic (exact) mass is 640 g/mol. The van der Waals surface area contributed by atoms with Gasteiger partial charge in [0.15, 0.2) is 18.4 Å². The second kappa shape index (κ2) is 16.7. The fourth-order valence-corrected chi connectivity index (χ4v) is 6.14. The molecule has 3 fully saturated rings. The molecule has 0 amide bonds. The lowest BCUT2D eigenvalue weighted by atomic mass is 9.76. The van der Waals surface area contributed by atoms with Crippen LogP contribution in [-0.2, 0) is 23.7 Å². The van der Waals surface area contributed by atoms with Gasteiger partial charge in [0, 0.05) is 25.6 Å². The van der Waals surface area contributed by atoms with Crippen LogP contribution in [0.5, 0.6) is 0 Å². The zero-order valence-corrected chi connectivity index (χ0v) is 25.2. The van der Waals surface area contributed by atoms with Crippen LogP contribution < -0.4 is 22.1 Å². The molecule has 15 atom stereocenters. The molecule has 17 heteroatoms. The molecule has 2 saturated heterocycles. The van der Waals surface area contributed by atoms with Crippen LogP contribution in [0.3, 0.4) is 0 Å². The van der Waals surface area contributed by atoms with Gasteiger partial charge in [-0.15, -0.1) is 0 Å². The summed E-state index contributed by atoms with van der Waals surface area (Å²) in [5, 5.41) is 89.7. The Kier molecular flexibility index (Phi) is 14.3. The average molecular weight is 641 g/mol. The molecule has 0 radical (unpaired) electrons. The predicted molar refractivity (Wildman–Crippen MR) is 152 cm³/mol. The van der Waals surface area contributed by atoms with E-state index < -0.39 is 96.9 Å². The largest absolute Gasteiger partial charge is 0.396 e. The van der Waals surface area contributed by atoms with Crippen LogP contribution in [0.4, 0.5) is 0 Å². The van der Waals surface area contributed by atoms with Crippen LogP contribution in [0.2, 0.25) is 0 Å². The number of carbonyl (C=O) groups excluding carboxylic acids is 1. The molecule has 0 aromatic heterocycles. The Bertz CT molecular complexity index is 891. The summed E-state index contributed by atoms with van der Waals surface area (Å²) in [6, 6.07) is -1.82. The lowest BCUT2D eigenvalue weighted by Gasteiger charge is -2.49. The van der Waals surface area contributed by atoms with Gasteiger partial charge >= 0.3 is 0 Å². The van der Waals surface area contributed by atoms with Crippen LogP contribution in [0.1, 0.15) is 32.6 Å². The van der Waals surface area contributed by atoms with Gasteiger partial charge in [0.1, 0.15) is 54.4 Å². The van der Waals surface area contributed by atoms with Gasteiger partial charge in [0.25, 0.3) is 0 Å². The second-order valence-corrected chi connectivity index (χ2v) is 12.2. The molecule has 14 N–H and O–H groups in total. The SMILES string of the molecule is CN[C@@H]1[C@@H](O)[C@@H](O[C@H]2[C@H](CC(=O)[C@@H](O)CCN)C[C@H](N)C(O[C@H]3O[C@H](CNCCCO)[C@@H](O)[C@H](O)[C@H]3O)[C@@H]2O)OC[C@]1(C)O. The van der Waals surface area contributed by atoms with E-state index in [0.717, 1.165) is 0 Å². The number of aliphatic hydroxyl groups is 8. The first-order chi connectivity index (χ1) is 20.8. The fourth-order valence-electron chi connectivity index (χ4n) is 6.14. The van der Waals surface area contributed by atoms with Crippen LogP contribution in [-0.4, -0.2) is 172 Å². The van der Waals surface area contributed by atoms with E-state index in [-0.39, 0.29) is 45.6 Å². The molecule has 44 heavy (non-hydrogen) atoms. The molecular weight excluding hydrogens is 588 g/mol. The summed E-state index contributed by atoms with van der Waals surface area (Å²) in [5.41, 5.74) is 10.4. The topological polar surface area (TPSA) is 292 Å². The number of Topliss-reactive ketones (excluding diaryl/α,β-unsaturated/α-hetero) is 1. The van der Waals surface area contributed by atoms with Crippen LogP contribution in [0, 0.1) is 5.92 Å². The molecular formula is C27H52N4O13. The summed E-state index contributed by atoms with van der Waals surface area (Å²) in [7, 11) is 1.54. The van der Waals surface area contributed by atoms with Crippen LogP contribution in [0.25, 0.3) is 0 Å². The van der Waals surface area contributed by atoms with Crippen molar-refractivity contribution in [3.05, 3.63) is 0 Å². The third kappa shape index (κ3) is 8.88. The first-order valence-electron chi connectivity index (χ1n) is 15.1. The zero-order valence-electron chi connectivity index (χ0n) is 25.2. The average Bonchev–Trinajstić information content (AvgIpc) is 2.97. The Morgan fingerprint density at radius 2 is 1.73 bits per heavy atom. The number of hydrogen-bond donors (Lipinski definition) is 12. The van der Waals surface area contributed by atoms with Crippen molar-refractivity contribution in [2.24, 2.45) is 17.4 Å². The van der Waals surface area contributed by atoms with Gasteiger partial charge in [-0.05, 0) is 52.2 Å². The van der Waals surface area contributed by atoms with E-state index in [1.165, 1.54) is 6.92 Å². The highest BCUT2D eigenvalue weighted by atomic mass is 16.7. The number of nitrogens with two attached hydrogens (primary N) is 2. The summed E-state index contributed by atoms with van der Waals surface area (Å²) in [6.45, 7) is 1.73. The minimum Gasteiger partial charge on any atom is -0.396 e. The van der Waals surface area contributed by atoms with Gasteiger partial charge in [0.05, 0.1) is 18.8 Å². The van der Waals surface area contributed by atoms with Gasteiger partial charge in [-0.3, -0.25) is 4.79 Å². The van der Waals surface area contributed by atoms with Crippen molar-refractivity contribution in [3.8, 4) is 0 Å². The quantitative estimate of drug-likeness (QED) is 0.0741. The van der Waals surface area contributed by atoms with Crippen LogP contribution >= 0.6 is 0 Å². The van der Waals surface area contributed by atoms with E-state index in [2.05, 4.69) is 10.6 Å². The third-order valence-corrected chi connectivity index (χ3v) is 8.66. The van der Waals surface area contributed by atoms with E-state index in [1.54, 1.807) is 7.05 Å². The van der Waals surface area contributed by atoms with E-state index in [0.29, 0.717) is 13.0 Å². The molecule has 1 aliphatic carbocycles. The van der Waals surface area contributed by atoms with Crippen molar-refractivity contribution in [2.75, 3.05) is 39.9 Å². The Morgan fingerprint density at radius 3 is 2.36 bits per heavy atom. The van der Waals surface area contributed by atoms with E-state index >= 15 is 0 Å². The lowest BCUT2D eigenvalue weighted by Crippen LogP contribution is -2.67. The standard InChI is InChI=1S/C27H52N4O13/c1-27(40)11-41-25(21(39)24(27)30-2)43-22-12(9-15(34)14(33)4-5-28)8-13(29)23(20(22)38)44-26-19(37)18(36)17(35)16(42-26)10-31-6-3-7-32/h12-14,16-26,30-33,35-40H,3-11,28-29H2,1-2H3/t12-,13-,14-,16+,17+,18-,19+,20+,21+,22-,23?,24+,25+,26+,27-/m0/s1. The molecule has 17 nitrogen and oxygen atoms in total. The van der Waals surface area contributed by atoms with Crippen molar-refractivity contribution in [2.45, 2.75) is 118 Å². The van der Waals surface area contributed by atoms with Gasteiger partial charge < -0.3 is 81.9 Å². The number of ether oxygens (including phenoxy) is 4. The number of ketones is 1. The Hall–Kier alpha value is -0.970. The Morgan fingerprint density at radius 1 is 1.05 bits per heavy atom. The normalized spacial score (nSPS) is 44.0. The molecule has 258 valence electrons. The molecule has 2 aliphatic heterocycles. The summed E-state index contributed by atoms with van der Waals surface area (Å²) in [4.78, 5) is 12.8. The maximum absolute atomic E-state index is 12.8. The highest BCUT2D eigenvalue weighted by Gasteiger charge is 2.53. The van der Waals surface area contributed by atoms with Crippen molar-refractivity contribution in [1.82, 2.24) is 10.6 Å². The number of likely N-dealkylation sites (N-methyl/N-ethyl adjacent to an activating group) is 1. The number of nitrogens with one attached hydrogen (secondary N) is 2. The number of rotatable bonds is 15. The van der Waals surface area contributed by atoms with Crippen molar-refractivity contribution in [1.29, 1.82) is 0 Å². The molecule has 1 unspecified atom stereocenters. The van der Waals surface area contributed by atoms with E-state index in [9.17, 15) is 40.5 Å². The van der Waals surface area contributed by atoms with Gasteiger partial charge in [-0.2, -0.15) is 0 Å². The fraction of sp³-hybridized carbons (Fsp3) is 0.963. The molecule has 0 aromatic rings. The third-order valence-electron chi connectivity index (χ3n) is 8.66. The maximum atomic E-state index is 12.8. The zero-order chi connectivity index (χ0) is 32.8. The highest BCUT2D eigenvalue weighted by Crippen LogP contribution is 2.36. The summed E-state index contributed by atoms with van der Waals surface area (Å²) < 4.78 is 23.4. The number of hydrogen-bond acceptors (Lipinski definition) is 17. The molecule has 2 heterocycles. The molecule has 0 spiro atoms. The van der Waals surface area contributed by atoms with E-state index in [1.807, 2.05) is 0 Å². The highest BCUT2D eigenvalue weighted by molar-refractivity contribution is 5.83. The summed E-state index contributed by atoms with van der Waals surface area (Å²) in [5.74, 6) is -1.33. The van der Waals surface area contributed by atoms with Crippen molar-refractivity contribution >= 4 is 5.78 Å². The van der Waals surface area contributed by atoms with Crippen molar-refractivity contribution < 1.29 is 64.6 Å². The smallest absolute Gasteiger partial charge is 0.187 e. The molecule has 3 rings (SSSR count). The molecule has 0 bridgehead atoms. The molecule has 3 aliphatic rings. The minimum atomic E-state index is -1.72. The lowest BCUT2D eigenvalue weighted by molar-refractivity contribution is -0.333. The van der Waals surface area contributed by atoms with Gasteiger partial charge in [0.2, 0.25) is 0 Å². The van der Waals surface area contributed by atoms with Gasteiger partial charge in [-0.1, -0.05) is 0 Å². The molecule has 0 aromatic carbocycles. The number of carbonyl (C=O) groups is 1. The maximum Gasteiger partial charge on any atom is 0.187 e. The summed E-state index contributed by atoms with van der Waals surface area (Å²) in [6.07, 6.45) is -15.4. The molecule has 1 saturated carbocycles. The van der Waals surface area contributed by atoms with E-state index in [4.69, 9.17) is 35.5 Å². The summed E-state index contributed by atoms with van der Waals surface area (Å²) >= 11 is 0.